The van der Waals surface area contributed by atoms with Crippen molar-refractivity contribution in [3.8, 4) is 0 Å². The Morgan fingerprint density at radius 2 is 1.65 bits per heavy atom. The molecule has 2 unspecified atom stereocenters. The predicted octanol–water partition coefficient (Wildman–Crippen LogP) is 3.16. The molecule has 3 heteroatoms. The summed E-state index contributed by atoms with van der Waals surface area (Å²) in [6.45, 7) is 9.07. The van der Waals surface area contributed by atoms with Crippen LogP contribution in [0.3, 0.4) is 0 Å². The van der Waals surface area contributed by atoms with Gasteiger partial charge in [-0.2, -0.15) is 0 Å². The molecule has 3 N–H and O–H groups in total. The molecule has 1 aromatic carbocycles. The summed E-state index contributed by atoms with van der Waals surface area (Å²) in [7, 11) is 0. The number of hydrogen-bond acceptors (Lipinski definition) is 2. The normalized spacial score (nSPS) is 14.1. The van der Waals surface area contributed by atoms with E-state index in [2.05, 4.69) is 50.4 Å². The Kier molecular flexibility index (Phi) is 6.73. The zero-order valence-electron chi connectivity index (χ0n) is 13.1. The van der Waals surface area contributed by atoms with E-state index in [1.165, 1.54) is 11.1 Å². The van der Waals surface area contributed by atoms with Crippen molar-refractivity contribution in [3.05, 3.63) is 35.4 Å². The Hall–Kier alpha value is -1.35. The van der Waals surface area contributed by atoms with Crippen LogP contribution in [0, 0.1) is 0 Å². The van der Waals surface area contributed by atoms with Crippen LogP contribution in [0.25, 0.3) is 0 Å². The van der Waals surface area contributed by atoms with Crippen LogP contribution in [-0.4, -0.2) is 18.5 Å². The van der Waals surface area contributed by atoms with Crippen molar-refractivity contribution in [2.24, 2.45) is 5.73 Å². The van der Waals surface area contributed by atoms with E-state index in [0.717, 1.165) is 6.42 Å². The molecular formula is C17H28N2O. The van der Waals surface area contributed by atoms with Crippen LogP contribution >= 0.6 is 0 Å². The fourth-order valence-corrected chi connectivity index (χ4v) is 2.12. The van der Waals surface area contributed by atoms with E-state index in [4.69, 9.17) is 5.73 Å². The molecule has 0 radical (unpaired) electrons. The molecule has 0 bridgehead atoms. The molecule has 0 aliphatic carbocycles. The van der Waals surface area contributed by atoms with Gasteiger partial charge in [0.25, 0.3) is 0 Å². The average molecular weight is 276 g/mol. The Morgan fingerprint density at radius 3 is 2.15 bits per heavy atom. The van der Waals surface area contributed by atoms with Gasteiger partial charge in [0, 0.05) is 19.0 Å². The minimum atomic E-state index is 0.103. The third-order valence-electron chi connectivity index (χ3n) is 3.59. The maximum absolute atomic E-state index is 11.8. The molecular weight excluding hydrogens is 248 g/mol. The molecule has 0 fully saturated rings. The highest BCUT2D eigenvalue weighted by Gasteiger charge is 2.11. The summed E-state index contributed by atoms with van der Waals surface area (Å²) >= 11 is 0. The first-order valence-corrected chi connectivity index (χ1v) is 7.52. The van der Waals surface area contributed by atoms with Gasteiger partial charge >= 0.3 is 0 Å². The topological polar surface area (TPSA) is 55.1 Å². The molecule has 1 amide bonds. The van der Waals surface area contributed by atoms with Gasteiger partial charge in [-0.05, 0) is 36.3 Å². The number of nitrogens with one attached hydrogen (secondary N) is 1. The Balaban J connectivity index is 2.45. The Bertz CT molecular complexity index is 410. The first-order valence-electron chi connectivity index (χ1n) is 7.52. The zero-order chi connectivity index (χ0) is 15.1. The lowest BCUT2D eigenvalue weighted by atomic mass is 9.94. The van der Waals surface area contributed by atoms with Crippen LogP contribution in [0.2, 0.25) is 0 Å². The SMILES string of the molecule is CC(N)CCNC(=O)CC(C)c1ccc(C(C)C)cc1. The first kappa shape index (κ1) is 16.7. The molecule has 0 saturated heterocycles. The number of hydrogen-bond donors (Lipinski definition) is 2. The molecule has 1 rings (SSSR count). The first-order chi connectivity index (χ1) is 9.40. The number of rotatable bonds is 7. The molecule has 20 heavy (non-hydrogen) atoms. The largest absolute Gasteiger partial charge is 0.356 e. The van der Waals surface area contributed by atoms with Gasteiger partial charge in [-0.3, -0.25) is 4.79 Å². The van der Waals surface area contributed by atoms with Crippen molar-refractivity contribution in [2.75, 3.05) is 6.54 Å². The van der Waals surface area contributed by atoms with E-state index >= 15 is 0 Å². The third-order valence-corrected chi connectivity index (χ3v) is 3.59. The predicted molar refractivity (Wildman–Crippen MR) is 84.8 cm³/mol. The molecule has 1 aromatic rings. The van der Waals surface area contributed by atoms with Gasteiger partial charge in [-0.1, -0.05) is 45.0 Å². The zero-order valence-corrected chi connectivity index (χ0v) is 13.1. The lowest BCUT2D eigenvalue weighted by Gasteiger charge is -2.14. The maximum atomic E-state index is 11.8. The fourth-order valence-electron chi connectivity index (χ4n) is 2.12. The second kappa shape index (κ2) is 8.05. The van der Waals surface area contributed by atoms with E-state index < -0.39 is 0 Å². The number of amides is 1. The minimum absolute atomic E-state index is 0.103. The quantitative estimate of drug-likeness (QED) is 0.803. The molecule has 0 spiro atoms. The van der Waals surface area contributed by atoms with Crippen molar-refractivity contribution in [2.45, 2.75) is 58.4 Å². The second-order valence-electron chi connectivity index (χ2n) is 6.04. The van der Waals surface area contributed by atoms with E-state index in [1.807, 2.05) is 6.92 Å². The maximum Gasteiger partial charge on any atom is 0.220 e. The summed E-state index contributed by atoms with van der Waals surface area (Å²) in [4.78, 5) is 11.8. The van der Waals surface area contributed by atoms with Crippen molar-refractivity contribution in [3.63, 3.8) is 0 Å². The molecule has 0 aliphatic heterocycles. The van der Waals surface area contributed by atoms with E-state index in [-0.39, 0.29) is 17.9 Å². The highest BCUT2D eigenvalue weighted by molar-refractivity contribution is 5.76. The standard InChI is InChI=1S/C17H28N2O/c1-12(2)15-5-7-16(8-6-15)13(3)11-17(20)19-10-9-14(4)18/h5-8,12-14H,9-11,18H2,1-4H3,(H,19,20). The van der Waals surface area contributed by atoms with Crippen LogP contribution in [-0.2, 0) is 4.79 Å². The fraction of sp³-hybridized carbons (Fsp3) is 0.588. The molecule has 0 saturated carbocycles. The minimum Gasteiger partial charge on any atom is -0.356 e. The van der Waals surface area contributed by atoms with Crippen LogP contribution < -0.4 is 11.1 Å². The average Bonchev–Trinajstić information content (AvgIpc) is 2.38. The Morgan fingerprint density at radius 1 is 1.10 bits per heavy atom. The molecule has 3 nitrogen and oxygen atoms in total. The molecule has 2 atom stereocenters. The van der Waals surface area contributed by atoms with Crippen LogP contribution in [0.5, 0.6) is 0 Å². The summed E-state index contributed by atoms with van der Waals surface area (Å²) in [6.07, 6.45) is 1.35. The summed E-state index contributed by atoms with van der Waals surface area (Å²) in [5.74, 6) is 0.888. The summed E-state index contributed by atoms with van der Waals surface area (Å²) < 4.78 is 0. The lowest BCUT2D eigenvalue weighted by molar-refractivity contribution is -0.121. The van der Waals surface area contributed by atoms with Gasteiger partial charge in [-0.15, -0.1) is 0 Å². The van der Waals surface area contributed by atoms with Crippen molar-refractivity contribution in [1.29, 1.82) is 0 Å². The molecule has 0 heterocycles. The summed E-state index contributed by atoms with van der Waals surface area (Å²) in [5.41, 5.74) is 8.21. The van der Waals surface area contributed by atoms with Crippen LogP contribution in [0.1, 0.15) is 63.5 Å². The van der Waals surface area contributed by atoms with Crippen molar-refractivity contribution < 1.29 is 4.79 Å². The molecule has 0 aromatic heterocycles. The van der Waals surface area contributed by atoms with Gasteiger partial charge in [-0.25, -0.2) is 0 Å². The van der Waals surface area contributed by atoms with Crippen molar-refractivity contribution >= 4 is 5.91 Å². The lowest BCUT2D eigenvalue weighted by Crippen LogP contribution is -2.29. The van der Waals surface area contributed by atoms with Crippen LogP contribution in [0.15, 0.2) is 24.3 Å². The van der Waals surface area contributed by atoms with Crippen molar-refractivity contribution in [1.82, 2.24) is 5.32 Å². The molecule has 0 aliphatic rings. The summed E-state index contributed by atoms with van der Waals surface area (Å²) in [6, 6.07) is 8.72. The number of benzene rings is 1. The highest BCUT2D eigenvalue weighted by atomic mass is 16.1. The van der Waals surface area contributed by atoms with Gasteiger partial charge in [0.1, 0.15) is 0 Å². The third kappa shape index (κ3) is 5.74. The summed E-state index contributed by atoms with van der Waals surface area (Å²) in [5, 5.41) is 2.93. The van der Waals surface area contributed by atoms with E-state index in [9.17, 15) is 4.79 Å². The number of carbonyl (C=O) groups excluding carboxylic acids is 1. The van der Waals surface area contributed by atoms with E-state index in [1.54, 1.807) is 0 Å². The van der Waals surface area contributed by atoms with Gasteiger partial charge in [0.2, 0.25) is 5.91 Å². The Labute approximate surface area is 122 Å². The monoisotopic (exact) mass is 276 g/mol. The van der Waals surface area contributed by atoms with Crippen LogP contribution in [0.4, 0.5) is 0 Å². The second-order valence-corrected chi connectivity index (χ2v) is 6.04. The molecule has 112 valence electrons. The van der Waals surface area contributed by atoms with E-state index in [0.29, 0.717) is 18.9 Å². The van der Waals surface area contributed by atoms with Gasteiger partial charge in [0.05, 0.1) is 0 Å². The number of nitrogens with two attached hydrogens (primary N) is 1. The van der Waals surface area contributed by atoms with Gasteiger partial charge in [0.15, 0.2) is 0 Å². The van der Waals surface area contributed by atoms with Gasteiger partial charge < -0.3 is 11.1 Å². The highest BCUT2D eigenvalue weighted by Crippen LogP contribution is 2.22. The number of carbonyl (C=O) groups is 1. The smallest absolute Gasteiger partial charge is 0.220 e.